The number of hydrogen-bond donors (Lipinski definition) is 2. The second-order valence-corrected chi connectivity index (χ2v) is 6.21. The van der Waals surface area contributed by atoms with Gasteiger partial charge in [0.2, 0.25) is 5.95 Å². The normalized spacial score (nSPS) is 14.8. The van der Waals surface area contributed by atoms with E-state index in [1.165, 1.54) is 12.8 Å². The van der Waals surface area contributed by atoms with E-state index in [-0.39, 0.29) is 5.91 Å². The van der Waals surface area contributed by atoms with E-state index >= 15 is 0 Å². The number of benzene rings is 1. The van der Waals surface area contributed by atoms with Gasteiger partial charge in [-0.25, -0.2) is 9.97 Å². The van der Waals surface area contributed by atoms with Crippen LogP contribution in [0.1, 0.15) is 36.0 Å². The van der Waals surface area contributed by atoms with Crippen molar-refractivity contribution in [3.8, 4) is 0 Å². The van der Waals surface area contributed by atoms with Crippen LogP contribution in [0.2, 0.25) is 0 Å². The molecule has 1 aromatic heterocycles. The molecule has 0 saturated heterocycles. The van der Waals surface area contributed by atoms with E-state index in [1.54, 1.807) is 12.4 Å². The summed E-state index contributed by atoms with van der Waals surface area (Å²) in [7, 11) is 0. The molecule has 0 unspecified atom stereocenters. The molecule has 5 nitrogen and oxygen atoms in total. The van der Waals surface area contributed by atoms with E-state index in [0.717, 1.165) is 23.0 Å². The molecule has 2 aromatic rings. The maximum Gasteiger partial charge on any atom is 0.254 e. The van der Waals surface area contributed by atoms with Crippen LogP contribution in [-0.2, 0) is 0 Å². The molecule has 0 bridgehead atoms. The van der Waals surface area contributed by atoms with Crippen LogP contribution in [0.3, 0.4) is 0 Å². The average molecular weight is 361 g/mol. The van der Waals surface area contributed by atoms with Gasteiger partial charge in [-0.15, -0.1) is 0 Å². The summed E-state index contributed by atoms with van der Waals surface area (Å²) < 4.78 is 0.932. The average Bonchev–Trinajstić information content (AvgIpc) is 3.03. The van der Waals surface area contributed by atoms with Crippen molar-refractivity contribution >= 4 is 33.5 Å². The Balaban J connectivity index is 1.64. The molecule has 0 spiro atoms. The Kier molecular flexibility index (Phi) is 4.68. The third kappa shape index (κ3) is 3.62. The number of nitrogens with zero attached hydrogens (tertiary/aromatic N) is 2. The zero-order chi connectivity index (χ0) is 15.4. The molecule has 6 heteroatoms. The number of rotatable bonds is 4. The summed E-state index contributed by atoms with van der Waals surface area (Å²) in [6, 6.07) is 8.02. The predicted molar refractivity (Wildman–Crippen MR) is 89.2 cm³/mol. The van der Waals surface area contributed by atoms with Crippen LogP contribution in [0.25, 0.3) is 0 Å². The first-order valence-corrected chi connectivity index (χ1v) is 8.16. The van der Waals surface area contributed by atoms with Gasteiger partial charge in [-0.05, 0) is 40.9 Å². The number of anilines is 2. The number of nitrogens with one attached hydrogen (secondary N) is 2. The number of carbonyl (C=O) groups excluding carboxylic acids is 1. The van der Waals surface area contributed by atoms with Crippen molar-refractivity contribution in [2.45, 2.75) is 31.7 Å². The lowest BCUT2D eigenvalue weighted by Gasteiger charge is -2.11. The highest BCUT2D eigenvalue weighted by molar-refractivity contribution is 9.10. The van der Waals surface area contributed by atoms with Crippen LogP contribution in [0, 0.1) is 0 Å². The zero-order valence-corrected chi connectivity index (χ0v) is 13.6. The monoisotopic (exact) mass is 360 g/mol. The van der Waals surface area contributed by atoms with Crippen molar-refractivity contribution < 1.29 is 4.79 Å². The van der Waals surface area contributed by atoms with E-state index in [9.17, 15) is 4.79 Å². The largest absolute Gasteiger partial charge is 0.349 e. The summed E-state index contributed by atoms with van der Waals surface area (Å²) >= 11 is 3.46. The first kappa shape index (κ1) is 15.0. The SMILES string of the molecule is O=C(NC1CCCC1)c1cnc(Nc2ccccc2Br)nc1. The van der Waals surface area contributed by atoms with Gasteiger partial charge in [0.1, 0.15) is 0 Å². The van der Waals surface area contributed by atoms with Crippen molar-refractivity contribution in [3.05, 3.63) is 46.7 Å². The summed E-state index contributed by atoms with van der Waals surface area (Å²) in [5.41, 5.74) is 1.37. The third-order valence-electron chi connectivity index (χ3n) is 3.72. The standard InChI is InChI=1S/C16H17BrN4O/c17-13-7-3-4-8-14(13)21-16-18-9-11(10-19-16)15(22)20-12-5-1-2-6-12/h3-4,7-10,12H,1-2,5-6H2,(H,20,22)(H,18,19,21). The Labute approximate surface area is 137 Å². The molecular formula is C16H17BrN4O. The summed E-state index contributed by atoms with van der Waals surface area (Å²) in [6.07, 6.45) is 7.61. The molecule has 1 amide bonds. The van der Waals surface area contributed by atoms with Crippen molar-refractivity contribution in [3.63, 3.8) is 0 Å². The highest BCUT2D eigenvalue weighted by Crippen LogP contribution is 2.23. The molecule has 2 N–H and O–H groups in total. The van der Waals surface area contributed by atoms with Crippen molar-refractivity contribution in [2.24, 2.45) is 0 Å². The fraction of sp³-hybridized carbons (Fsp3) is 0.312. The minimum atomic E-state index is -0.0978. The lowest BCUT2D eigenvalue weighted by Crippen LogP contribution is -2.32. The molecule has 0 aliphatic heterocycles. The Hall–Kier alpha value is -1.95. The number of carbonyl (C=O) groups is 1. The molecule has 1 heterocycles. The second kappa shape index (κ2) is 6.87. The van der Waals surface area contributed by atoms with Gasteiger partial charge < -0.3 is 10.6 Å². The van der Waals surface area contributed by atoms with Crippen LogP contribution in [0.5, 0.6) is 0 Å². The fourth-order valence-corrected chi connectivity index (χ4v) is 2.92. The minimum absolute atomic E-state index is 0.0978. The van der Waals surface area contributed by atoms with Gasteiger partial charge in [0.05, 0.1) is 11.3 Å². The van der Waals surface area contributed by atoms with Crippen molar-refractivity contribution in [1.82, 2.24) is 15.3 Å². The highest BCUT2D eigenvalue weighted by atomic mass is 79.9. The summed E-state index contributed by atoms with van der Waals surface area (Å²) in [4.78, 5) is 20.5. The highest BCUT2D eigenvalue weighted by Gasteiger charge is 2.18. The smallest absolute Gasteiger partial charge is 0.254 e. The first-order chi connectivity index (χ1) is 10.7. The van der Waals surface area contributed by atoms with Gasteiger partial charge in [-0.2, -0.15) is 0 Å². The molecule has 0 radical (unpaired) electrons. The molecule has 1 saturated carbocycles. The Morgan fingerprint density at radius 2 is 1.82 bits per heavy atom. The third-order valence-corrected chi connectivity index (χ3v) is 4.42. The molecule has 3 rings (SSSR count). The van der Waals surface area contributed by atoms with Gasteiger partial charge in [-0.3, -0.25) is 4.79 Å². The molecule has 1 aromatic carbocycles. The van der Waals surface area contributed by atoms with E-state index in [2.05, 4.69) is 36.5 Å². The van der Waals surface area contributed by atoms with E-state index in [0.29, 0.717) is 17.6 Å². The fourth-order valence-electron chi connectivity index (χ4n) is 2.53. The zero-order valence-electron chi connectivity index (χ0n) is 12.1. The number of aromatic nitrogens is 2. The van der Waals surface area contributed by atoms with Gasteiger partial charge in [0.25, 0.3) is 5.91 Å². The van der Waals surface area contributed by atoms with Gasteiger partial charge in [-0.1, -0.05) is 25.0 Å². The molecule has 1 aliphatic rings. The number of halogens is 1. The van der Waals surface area contributed by atoms with Crippen LogP contribution in [-0.4, -0.2) is 21.9 Å². The Morgan fingerprint density at radius 1 is 1.14 bits per heavy atom. The molecular weight excluding hydrogens is 344 g/mol. The minimum Gasteiger partial charge on any atom is -0.349 e. The lowest BCUT2D eigenvalue weighted by atomic mass is 10.2. The topological polar surface area (TPSA) is 66.9 Å². The summed E-state index contributed by atoms with van der Waals surface area (Å²) in [5.74, 6) is 0.364. The molecule has 1 fully saturated rings. The Morgan fingerprint density at radius 3 is 2.50 bits per heavy atom. The number of amides is 1. The number of para-hydroxylation sites is 1. The lowest BCUT2D eigenvalue weighted by molar-refractivity contribution is 0.0937. The second-order valence-electron chi connectivity index (χ2n) is 5.36. The van der Waals surface area contributed by atoms with Gasteiger partial charge >= 0.3 is 0 Å². The van der Waals surface area contributed by atoms with E-state index in [4.69, 9.17) is 0 Å². The van der Waals surface area contributed by atoms with Gasteiger partial charge in [0.15, 0.2) is 0 Å². The van der Waals surface area contributed by atoms with Crippen molar-refractivity contribution in [2.75, 3.05) is 5.32 Å². The first-order valence-electron chi connectivity index (χ1n) is 7.37. The van der Waals surface area contributed by atoms with Gasteiger partial charge in [0, 0.05) is 22.9 Å². The predicted octanol–water partition coefficient (Wildman–Crippen LogP) is 3.66. The van der Waals surface area contributed by atoms with Crippen LogP contribution in [0.15, 0.2) is 41.1 Å². The molecule has 1 aliphatic carbocycles. The van der Waals surface area contributed by atoms with Crippen LogP contribution < -0.4 is 10.6 Å². The summed E-state index contributed by atoms with van der Waals surface area (Å²) in [5, 5.41) is 6.14. The maximum absolute atomic E-state index is 12.1. The molecule has 22 heavy (non-hydrogen) atoms. The summed E-state index contributed by atoms with van der Waals surface area (Å²) in [6.45, 7) is 0. The molecule has 0 atom stereocenters. The number of hydrogen-bond acceptors (Lipinski definition) is 4. The van der Waals surface area contributed by atoms with E-state index in [1.807, 2.05) is 24.3 Å². The van der Waals surface area contributed by atoms with Crippen LogP contribution in [0.4, 0.5) is 11.6 Å². The van der Waals surface area contributed by atoms with E-state index < -0.39 is 0 Å². The van der Waals surface area contributed by atoms with Crippen LogP contribution >= 0.6 is 15.9 Å². The maximum atomic E-state index is 12.1. The molecule has 114 valence electrons. The Bertz CT molecular complexity index is 653. The van der Waals surface area contributed by atoms with Crippen molar-refractivity contribution in [1.29, 1.82) is 0 Å². The quantitative estimate of drug-likeness (QED) is 0.872.